The van der Waals surface area contributed by atoms with Gasteiger partial charge in [-0.15, -0.1) is 0 Å². The molecule has 3 rings (SSSR count). The summed E-state index contributed by atoms with van der Waals surface area (Å²) in [5.74, 6) is 2.02. The van der Waals surface area contributed by atoms with E-state index in [0.717, 1.165) is 35.5 Å². The fraction of sp³-hybridized carbons (Fsp3) is 0.579. The Balaban J connectivity index is 1.79. The van der Waals surface area contributed by atoms with Crippen LogP contribution in [0.15, 0.2) is 24.3 Å². The summed E-state index contributed by atoms with van der Waals surface area (Å²) < 4.78 is 0. The monoisotopic (exact) mass is 297 g/mol. The molecule has 0 saturated carbocycles. The number of aryl methyl sites for hydroxylation is 1. The first kappa shape index (κ1) is 15.3. The number of fused-ring (bicyclic) bond motifs is 4. The summed E-state index contributed by atoms with van der Waals surface area (Å²) in [4.78, 5) is 9.53. The summed E-state index contributed by atoms with van der Waals surface area (Å²) in [6.07, 6.45) is 13.0. The van der Waals surface area contributed by atoms with E-state index in [4.69, 9.17) is 9.97 Å². The zero-order valence-corrected chi connectivity index (χ0v) is 13.5. The highest BCUT2D eigenvalue weighted by molar-refractivity contribution is 5.88. The number of para-hydroxylation sites is 1. The van der Waals surface area contributed by atoms with Crippen molar-refractivity contribution in [1.82, 2.24) is 9.97 Å². The number of nitrogens with zero attached hydrogens (tertiary/aromatic N) is 2. The van der Waals surface area contributed by atoms with Crippen LogP contribution in [0, 0.1) is 0 Å². The van der Waals surface area contributed by atoms with Crippen LogP contribution in [0.1, 0.15) is 63.6 Å². The molecule has 3 heteroatoms. The smallest absolute Gasteiger partial charge is 0.137 e. The van der Waals surface area contributed by atoms with Gasteiger partial charge in [-0.25, -0.2) is 9.97 Å². The molecule has 0 radical (unpaired) electrons. The maximum atomic E-state index is 4.79. The van der Waals surface area contributed by atoms with Crippen molar-refractivity contribution in [2.45, 2.75) is 64.2 Å². The van der Waals surface area contributed by atoms with Crippen LogP contribution in [0.5, 0.6) is 0 Å². The van der Waals surface area contributed by atoms with E-state index in [-0.39, 0.29) is 0 Å². The molecule has 0 unspecified atom stereocenters. The van der Waals surface area contributed by atoms with Gasteiger partial charge < -0.3 is 5.32 Å². The Bertz CT molecular complexity index is 594. The van der Waals surface area contributed by atoms with Crippen LogP contribution in [0.3, 0.4) is 0 Å². The Morgan fingerprint density at radius 3 is 2.23 bits per heavy atom. The minimum absolute atomic E-state index is 0.996. The van der Waals surface area contributed by atoms with Crippen molar-refractivity contribution in [3.8, 4) is 0 Å². The quantitative estimate of drug-likeness (QED) is 0.734. The number of nitrogens with one attached hydrogen (secondary N) is 1. The van der Waals surface area contributed by atoms with Gasteiger partial charge in [-0.3, -0.25) is 0 Å². The van der Waals surface area contributed by atoms with Crippen LogP contribution >= 0.6 is 0 Å². The molecule has 1 aliphatic rings. The first-order chi connectivity index (χ1) is 10.9. The number of hydrogen-bond donors (Lipinski definition) is 1. The van der Waals surface area contributed by atoms with Gasteiger partial charge in [-0.2, -0.15) is 0 Å². The van der Waals surface area contributed by atoms with Crippen LogP contribution in [0.2, 0.25) is 0 Å². The number of hydrogen-bond acceptors (Lipinski definition) is 3. The van der Waals surface area contributed by atoms with Gasteiger partial charge in [0.15, 0.2) is 0 Å². The zero-order valence-electron chi connectivity index (χ0n) is 13.5. The Kier molecular flexibility index (Phi) is 5.63. The van der Waals surface area contributed by atoms with Crippen molar-refractivity contribution in [3.05, 3.63) is 30.1 Å². The lowest BCUT2D eigenvalue weighted by atomic mass is 10.1. The molecule has 0 atom stereocenters. The molecule has 1 aliphatic heterocycles. The molecule has 0 amide bonds. The third-order valence-corrected chi connectivity index (χ3v) is 4.52. The molecule has 2 bridgehead atoms. The highest BCUT2D eigenvalue weighted by atomic mass is 15.0. The maximum Gasteiger partial charge on any atom is 0.137 e. The number of aromatic nitrogens is 2. The lowest BCUT2D eigenvalue weighted by molar-refractivity contribution is 0.561. The van der Waals surface area contributed by atoms with Crippen LogP contribution in [-0.4, -0.2) is 16.5 Å². The third-order valence-electron chi connectivity index (χ3n) is 4.52. The second-order valence-corrected chi connectivity index (χ2v) is 6.36. The van der Waals surface area contributed by atoms with Gasteiger partial charge in [0.05, 0.1) is 5.52 Å². The Morgan fingerprint density at radius 1 is 0.727 bits per heavy atom. The molecule has 2 aromatic rings. The fourth-order valence-electron chi connectivity index (χ4n) is 3.22. The highest BCUT2D eigenvalue weighted by Crippen LogP contribution is 2.21. The molecule has 0 fully saturated rings. The summed E-state index contributed by atoms with van der Waals surface area (Å²) in [7, 11) is 0. The molecule has 1 N–H and O–H groups in total. The van der Waals surface area contributed by atoms with Gasteiger partial charge in [0.25, 0.3) is 0 Å². The SMILES string of the molecule is c1ccc2c3nc(nc2c1)CCCCCCCCCCCN3. The predicted octanol–water partition coefficient (Wildman–Crippen LogP) is 5.11. The lowest BCUT2D eigenvalue weighted by Gasteiger charge is -2.10. The summed E-state index contributed by atoms with van der Waals surface area (Å²) in [5.41, 5.74) is 1.07. The minimum Gasteiger partial charge on any atom is -0.369 e. The molecule has 1 aromatic heterocycles. The second kappa shape index (κ2) is 8.11. The summed E-state index contributed by atoms with van der Waals surface area (Å²) in [6, 6.07) is 8.35. The maximum absolute atomic E-state index is 4.79. The van der Waals surface area contributed by atoms with Crippen molar-refractivity contribution in [2.24, 2.45) is 0 Å². The van der Waals surface area contributed by atoms with E-state index in [1.807, 2.05) is 0 Å². The van der Waals surface area contributed by atoms with E-state index in [9.17, 15) is 0 Å². The third kappa shape index (κ3) is 4.19. The van der Waals surface area contributed by atoms with E-state index in [1.165, 1.54) is 57.8 Å². The number of rotatable bonds is 0. The molecule has 3 nitrogen and oxygen atoms in total. The molecular weight excluding hydrogens is 270 g/mol. The van der Waals surface area contributed by atoms with Gasteiger partial charge in [-0.1, -0.05) is 57.1 Å². The topological polar surface area (TPSA) is 37.8 Å². The summed E-state index contributed by atoms with van der Waals surface area (Å²) in [6.45, 7) is 1.01. The van der Waals surface area contributed by atoms with Gasteiger partial charge in [0, 0.05) is 18.4 Å². The standard InChI is InChI=1S/C19H27N3/c1-2-4-6-8-14-18-21-17-13-10-9-12-16(17)19(22-18)20-15-11-7-5-3-1/h9-10,12-13H,1-8,11,14-15H2,(H,20,21,22). The van der Waals surface area contributed by atoms with Gasteiger partial charge in [-0.05, 0) is 25.0 Å². The van der Waals surface area contributed by atoms with Crippen LogP contribution in [0.25, 0.3) is 10.9 Å². The first-order valence-corrected chi connectivity index (χ1v) is 8.93. The molecule has 1 aromatic carbocycles. The average Bonchev–Trinajstić information content (AvgIpc) is 2.55. The molecular formula is C19H27N3. The van der Waals surface area contributed by atoms with Crippen molar-refractivity contribution in [3.63, 3.8) is 0 Å². The van der Waals surface area contributed by atoms with Crippen molar-refractivity contribution < 1.29 is 0 Å². The minimum atomic E-state index is 0.996. The van der Waals surface area contributed by atoms with Gasteiger partial charge in [0.1, 0.15) is 11.6 Å². The zero-order chi connectivity index (χ0) is 15.0. The fourth-order valence-corrected chi connectivity index (χ4v) is 3.22. The molecule has 0 spiro atoms. The Morgan fingerprint density at radius 2 is 1.41 bits per heavy atom. The second-order valence-electron chi connectivity index (χ2n) is 6.36. The van der Waals surface area contributed by atoms with Crippen LogP contribution < -0.4 is 5.32 Å². The number of benzene rings is 1. The summed E-state index contributed by atoms with van der Waals surface area (Å²) >= 11 is 0. The van der Waals surface area contributed by atoms with E-state index in [1.54, 1.807) is 0 Å². The van der Waals surface area contributed by atoms with Crippen molar-refractivity contribution in [1.29, 1.82) is 0 Å². The van der Waals surface area contributed by atoms with Gasteiger partial charge in [0.2, 0.25) is 0 Å². The predicted molar refractivity (Wildman–Crippen MR) is 93.3 cm³/mol. The molecule has 118 valence electrons. The van der Waals surface area contributed by atoms with E-state index in [0.29, 0.717) is 0 Å². The van der Waals surface area contributed by atoms with E-state index < -0.39 is 0 Å². The first-order valence-electron chi connectivity index (χ1n) is 8.93. The Hall–Kier alpha value is -1.64. The molecule has 22 heavy (non-hydrogen) atoms. The van der Waals surface area contributed by atoms with E-state index >= 15 is 0 Å². The van der Waals surface area contributed by atoms with Gasteiger partial charge >= 0.3 is 0 Å². The highest BCUT2D eigenvalue weighted by Gasteiger charge is 2.07. The average molecular weight is 297 g/mol. The number of anilines is 1. The molecule has 2 heterocycles. The van der Waals surface area contributed by atoms with Crippen LogP contribution in [-0.2, 0) is 6.42 Å². The molecule has 0 saturated heterocycles. The normalized spacial score (nSPS) is 18.2. The van der Waals surface area contributed by atoms with E-state index in [2.05, 4.69) is 29.6 Å². The lowest BCUT2D eigenvalue weighted by Crippen LogP contribution is -2.07. The molecule has 0 aliphatic carbocycles. The van der Waals surface area contributed by atoms with Crippen LogP contribution in [0.4, 0.5) is 5.82 Å². The largest absolute Gasteiger partial charge is 0.369 e. The van der Waals surface area contributed by atoms with Crippen molar-refractivity contribution >= 4 is 16.7 Å². The van der Waals surface area contributed by atoms with Crippen molar-refractivity contribution in [2.75, 3.05) is 11.9 Å². The Labute approximate surface area is 133 Å². The summed E-state index contributed by atoms with van der Waals surface area (Å²) in [5, 5.41) is 4.69.